The van der Waals surface area contributed by atoms with Crippen molar-refractivity contribution in [1.29, 1.82) is 0 Å². The third-order valence-electron chi connectivity index (χ3n) is 11.1. The van der Waals surface area contributed by atoms with Gasteiger partial charge in [-0.25, -0.2) is 0 Å². The maximum Gasteiger partial charge on any atom is 0.0548 e. The van der Waals surface area contributed by atoms with Gasteiger partial charge in [0, 0.05) is 20.2 Å². The van der Waals surface area contributed by atoms with Crippen LogP contribution in [0.15, 0.2) is 60.7 Å². The lowest BCUT2D eigenvalue weighted by Gasteiger charge is -2.28. The van der Waals surface area contributed by atoms with Crippen molar-refractivity contribution in [2.75, 3.05) is 0 Å². The van der Waals surface area contributed by atoms with Crippen LogP contribution >= 0.6 is 22.7 Å². The van der Waals surface area contributed by atoms with E-state index in [0.717, 1.165) is 23.7 Å². The average molecular weight is 589 g/mol. The minimum absolute atomic E-state index is 0.743. The second-order valence-electron chi connectivity index (χ2n) is 13.7. The van der Waals surface area contributed by atoms with E-state index < -0.39 is 0 Å². The molecule has 2 heteroatoms. The van der Waals surface area contributed by atoms with E-state index in [-0.39, 0.29) is 0 Å². The summed E-state index contributed by atoms with van der Waals surface area (Å²) in [6, 6.07) is 24.5. The molecule has 4 aromatic carbocycles. The van der Waals surface area contributed by atoms with Crippen molar-refractivity contribution >= 4 is 73.8 Å². The van der Waals surface area contributed by atoms with E-state index >= 15 is 0 Å². The molecule has 216 valence electrons. The van der Waals surface area contributed by atoms with E-state index in [1.54, 1.807) is 11.1 Å². The fraction of sp³-hybridized carbons (Fsp3) is 0.450. The van der Waals surface area contributed by atoms with Crippen LogP contribution in [-0.2, 0) is 0 Å². The molecule has 0 aliphatic heterocycles. The lowest BCUT2D eigenvalue weighted by atomic mass is 9.77. The van der Waals surface area contributed by atoms with Gasteiger partial charge in [-0.05, 0) is 120 Å². The van der Waals surface area contributed by atoms with Crippen LogP contribution in [0.2, 0.25) is 0 Å². The van der Waals surface area contributed by atoms with Crippen LogP contribution in [0.3, 0.4) is 0 Å². The zero-order valence-electron chi connectivity index (χ0n) is 25.4. The normalized spacial score (nSPS) is 23.6. The number of benzene rings is 4. The van der Waals surface area contributed by atoms with E-state index in [0.29, 0.717) is 0 Å². The Morgan fingerprint density at radius 1 is 0.524 bits per heavy atom. The van der Waals surface area contributed by atoms with Gasteiger partial charge in [-0.3, -0.25) is 0 Å². The van der Waals surface area contributed by atoms with Crippen LogP contribution < -0.4 is 0 Å². The molecule has 0 amide bonds. The first-order valence-electron chi connectivity index (χ1n) is 16.9. The molecule has 0 spiro atoms. The summed E-state index contributed by atoms with van der Waals surface area (Å²) in [5, 5.41) is 8.71. The highest BCUT2D eigenvalue weighted by atomic mass is 32.1. The largest absolute Gasteiger partial charge is 0.134 e. The molecule has 0 N–H and O–H groups in total. The Morgan fingerprint density at radius 2 is 0.952 bits per heavy atom. The van der Waals surface area contributed by atoms with Gasteiger partial charge in [0.15, 0.2) is 0 Å². The highest BCUT2D eigenvalue weighted by molar-refractivity contribution is 7.37. The van der Waals surface area contributed by atoms with Crippen molar-refractivity contribution < 1.29 is 0 Å². The number of hydrogen-bond donors (Lipinski definition) is 0. The molecule has 0 unspecified atom stereocenters. The molecular formula is C40H44S2. The number of thiophene rings is 2. The maximum absolute atomic E-state index is 2.53. The summed E-state index contributed by atoms with van der Waals surface area (Å²) in [7, 11) is 0. The van der Waals surface area contributed by atoms with E-state index in [4.69, 9.17) is 0 Å². The fourth-order valence-corrected chi connectivity index (χ4v) is 11.6. The third-order valence-corrected chi connectivity index (χ3v) is 13.6. The molecule has 8 rings (SSSR count). The van der Waals surface area contributed by atoms with Gasteiger partial charge >= 0.3 is 0 Å². The van der Waals surface area contributed by atoms with Gasteiger partial charge in [0.2, 0.25) is 0 Å². The van der Waals surface area contributed by atoms with Crippen LogP contribution in [0.5, 0.6) is 0 Å². The molecule has 0 radical (unpaired) electrons. The molecule has 0 nitrogen and oxygen atoms in total. The lowest BCUT2D eigenvalue weighted by molar-refractivity contribution is 0.308. The third kappa shape index (κ3) is 4.69. The first kappa shape index (κ1) is 27.2. The monoisotopic (exact) mass is 588 g/mol. The number of hydrogen-bond acceptors (Lipinski definition) is 2. The Hall–Kier alpha value is -2.42. The molecule has 2 aromatic heterocycles. The standard InChI is InChI=1S/C40H44S2/c1-3-5-25-7-11-27(12-8-25)29-15-19-33-31(23-29)17-21-35-37(33)39-40(41-35)38-34-20-16-30(24-32(34)18-22-36(38)42-39)28-13-9-26(6-4-2)10-14-28/h15-28H,3-14H2,1-2H3. The second kappa shape index (κ2) is 11.3. The predicted octanol–water partition coefficient (Wildman–Crippen LogP) is 13.7. The average Bonchev–Trinajstić information content (AvgIpc) is 3.58. The molecule has 0 atom stereocenters. The van der Waals surface area contributed by atoms with E-state index in [9.17, 15) is 0 Å². The summed E-state index contributed by atoms with van der Waals surface area (Å²) in [5.74, 6) is 3.42. The van der Waals surface area contributed by atoms with Gasteiger partial charge < -0.3 is 0 Å². The maximum atomic E-state index is 2.53. The molecule has 6 aromatic rings. The highest BCUT2D eigenvalue weighted by Gasteiger charge is 2.24. The smallest absolute Gasteiger partial charge is 0.0548 e. The van der Waals surface area contributed by atoms with Crippen LogP contribution in [0.4, 0.5) is 0 Å². The Labute approximate surface area is 259 Å². The van der Waals surface area contributed by atoms with Crippen LogP contribution in [0, 0.1) is 11.8 Å². The summed E-state index contributed by atoms with van der Waals surface area (Å²) >= 11 is 4.02. The first-order valence-corrected chi connectivity index (χ1v) is 18.6. The molecule has 2 aliphatic rings. The van der Waals surface area contributed by atoms with Crippen LogP contribution in [0.1, 0.15) is 114 Å². The van der Waals surface area contributed by atoms with Crippen molar-refractivity contribution in [3.63, 3.8) is 0 Å². The predicted molar refractivity (Wildman–Crippen MR) is 189 cm³/mol. The SMILES string of the molecule is CCCC1CCC(c2ccc3c(ccc4sc5c(sc6ccc7cc(C8CCC(CCC)CC8)ccc7c65)c43)c2)CC1. The summed E-state index contributed by atoms with van der Waals surface area (Å²) < 4.78 is 5.87. The highest BCUT2D eigenvalue weighted by Crippen LogP contribution is 2.49. The molecule has 2 saturated carbocycles. The molecule has 2 heterocycles. The van der Waals surface area contributed by atoms with E-state index in [1.807, 2.05) is 22.7 Å². The molecule has 2 aliphatic carbocycles. The van der Waals surface area contributed by atoms with E-state index in [2.05, 4.69) is 74.5 Å². The van der Waals surface area contributed by atoms with Gasteiger partial charge in [-0.15, -0.1) is 22.7 Å². The van der Waals surface area contributed by atoms with E-state index in [1.165, 1.54) is 128 Å². The van der Waals surface area contributed by atoms with Crippen molar-refractivity contribution in [2.45, 2.75) is 103 Å². The molecular weight excluding hydrogens is 545 g/mol. The van der Waals surface area contributed by atoms with Crippen LogP contribution in [-0.4, -0.2) is 0 Å². The van der Waals surface area contributed by atoms with Gasteiger partial charge in [0.1, 0.15) is 0 Å². The van der Waals surface area contributed by atoms with Crippen molar-refractivity contribution in [3.05, 3.63) is 71.8 Å². The zero-order valence-corrected chi connectivity index (χ0v) is 27.0. The van der Waals surface area contributed by atoms with Crippen molar-refractivity contribution in [2.24, 2.45) is 11.8 Å². The molecule has 0 saturated heterocycles. The van der Waals surface area contributed by atoms with Crippen molar-refractivity contribution in [3.8, 4) is 0 Å². The zero-order chi connectivity index (χ0) is 28.2. The van der Waals surface area contributed by atoms with Crippen molar-refractivity contribution in [1.82, 2.24) is 0 Å². The Morgan fingerprint density at radius 3 is 1.36 bits per heavy atom. The number of rotatable bonds is 6. The quantitative estimate of drug-likeness (QED) is 0.181. The molecule has 2 fully saturated rings. The summed E-state index contributed by atoms with van der Waals surface area (Å²) in [4.78, 5) is 0. The Bertz CT molecular complexity index is 1750. The molecule has 42 heavy (non-hydrogen) atoms. The van der Waals surface area contributed by atoms with Gasteiger partial charge in [0.05, 0.1) is 9.40 Å². The molecule has 0 bridgehead atoms. The topological polar surface area (TPSA) is 0 Å². The van der Waals surface area contributed by atoms with Gasteiger partial charge in [-0.2, -0.15) is 0 Å². The summed E-state index contributed by atoms with van der Waals surface area (Å²) in [5.41, 5.74) is 3.14. The first-order chi connectivity index (χ1) is 20.7. The number of fused-ring (bicyclic) bond motifs is 9. The minimum Gasteiger partial charge on any atom is -0.134 e. The minimum atomic E-state index is 0.743. The Kier molecular flexibility index (Phi) is 7.28. The lowest BCUT2D eigenvalue weighted by Crippen LogP contribution is -2.13. The second-order valence-corrected chi connectivity index (χ2v) is 15.8. The Balaban J connectivity index is 1.16. The summed E-state index contributed by atoms with van der Waals surface area (Å²) in [6.45, 7) is 4.68. The van der Waals surface area contributed by atoms with Crippen LogP contribution in [0.25, 0.3) is 51.1 Å². The van der Waals surface area contributed by atoms with Gasteiger partial charge in [-0.1, -0.05) is 88.1 Å². The summed E-state index contributed by atoms with van der Waals surface area (Å²) in [6.07, 6.45) is 16.6. The fourth-order valence-electron chi connectivity index (χ4n) is 8.83. The van der Waals surface area contributed by atoms with Gasteiger partial charge in [0.25, 0.3) is 0 Å².